The summed E-state index contributed by atoms with van der Waals surface area (Å²) in [4.78, 5) is 13.5. The van der Waals surface area contributed by atoms with Gasteiger partial charge in [-0.15, -0.1) is 0 Å². The molecule has 0 atom stereocenters. The molecule has 0 radical (unpaired) electrons. The molecule has 1 aromatic rings. The molecule has 1 aliphatic heterocycles. The van der Waals surface area contributed by atoms with Gasteiger partial charge in [-0.05, 0) is 45.9 Å². The average Bonchev–Trinajstić information content (AvgIpc) is 2.28. The minimum absolute atomic E-state index is 0.0788. The van der Waals surface area contributed by atoms with Gasteiger partial charge < -0.3 is 19.5 Å². The average molecular weight is 358 g/mol. The van der Waals surface area contributed by atoms with Crippen LogP contribution in [0.5, 0.6) is 11.5 Å². The third-order valence-corrected chi connectivity index (χ3v) is 3.47. The Balaban J connectivity index is 1.95. The highest BCUT2D eigenvalue weighted by Crippen LogP contribution is 2.35. The number of phenols is 1. The number of amides is 1. The molecular formula is C15H20BrNO4. The van der Waals surface area contributed by atoms with Crippen LogP contribution in [0.1, 0.15) is 27.7 Å². The Kier molecular flexibility index (Phi) is 4.10. The molecule has 1 aliphatic rings. The van der Waals surface area contributed by atoms with Gasteiger partial charge in [-0.3, -0.25) is 0 Å². The number of carbonyl (C=O) groups excluding carboxylic acids is 1. The minimum atomic E-state index is -0.519. The zero-order valence-electron chi connectivity index (χ0n) is 12.6. The van der Waals surface area contributed by atoms with Gasteiger partial charge in [0, 0.05) is 4.47 Å². The lowest BCUT2D eigenvalue weighted by Crippen LogP contribution is -2.65. The third kappa shape index (κ3) is 4.03. The molecule has 0 bridgehead atoms. The van der Waals surface area contributed by atoms with E-state index >= 15 is 0 Å². The molecule has 1 amide bonds. The van der Waals surface area contributed by atoms with Crippen LogP contribution < -0.4 is 4.74 Å². The molecule has 21 heavy (non-hydrogen) atoms. The first-order chi connectivity index (χ1) is 9.58. The second-order valence-corrected chi connectivity index (χ2v) is 7.42. The summed E-state index contributed by atoms with van der Waals surface area (Å²) in [6, 6.07) is 5.00. The molecule has 1 N–H and O–H groups in total. The molecule has 1 aromatic carbocycles. The Hall–Kier alpha value is -1.43. The van der Waals surface area contributed by atoms with E-state index in [0.717, 1.165) is 4.47 Å². The highest BCUT2D eigenvalue weighted by atomic mass is 79.9. The van der Waals surface area contributed by atoms with E-state index in [1.807, 2.05) is 27.7 Å². The SMILES string of the molecule is CC(C)(C)OC(=O)N1CC(C)(Oc2cc(Br)ccc2O)C1. The first-order valence-corrected chi connectivity index (χ1v) is 7.53. The van der Waals surface area contributed by atoms with Crippen molar-refractivity contribution in [2.45, 2.75) is 38.9 Å². The van der Waals surface area contributed by atoms with Crippen LogP contribution in [-0.2, 0) is 4.74 Å². The summed E-state index contributed by atoms with van der Waals surface area (Å²) in [5.41, 5.74) is -1.03. The zero-order chi connectivity index (χ0) is 15.8. The first-order valence-electron chi connectivity index (χ1n) is 6.73. The van der Waals surface area contributed by atoms with E-state index in [1.54, 1.807) is 23.1 Å². The fourth-order valence-corrected chi connectivity index (χ4v) is 2.46. The normalized spacial score (nSPS) is 17.1. The van der Waals surface area contributed by atoms with Gasteiger partial charge in [-0.25, -0.2) is 4.79 Å². The van der Waals surface area contributed by atoms with E-state index in [4.69, 9.17) is 9.47 Å². The van der Waals surface area contributed by atoms with Crippen LogP contribution in [0, 0.1) is 0 Å². The summed E-state index contributed by atoms with van der Waals surface area (Å²) in [6.45, 7) is 8.25. The maximum absolute atomic E-state index is 11.9. The lowest BCUT2D eigenvalue weighted by Gasteiger charge is -2.47. The van der Waals surface area contributed by atoms with E-state index in [1.165, 1.54) is 0 Å². The van der Waals surface area contributed by atoms with Crippen LogP contribution in [0.15, 0.2) is 22.7 Å². The highest BCUT2D eigenvalue weighted by Gasteiger charge is 2.45. The van der Waals surface area contributed by atoms with Crippen molar-refractivity contribution in [1.29, 1.82) is 0 Å². The van der Waals surface area contributed by atoms with E-state index in [-0.39, 0.29) is 11.8 Å². The summed E-state index contributed by atoms with van der Waals surface area (Å²) >= 11 is 3.34. The second kappa shape index (κ2) is 5.40. The quantitative estimate of drug-likeness (QED) is 0.879. The van der Waals surface area contributed by atoms with Crippen molar-refractivity contribution in [3.63, 3.8) is 0 Å². The van der Waals surface area contributed by atoms with Crippen molar-refractivity contribution >= 4 is 22.0 Å². The number of aromatic hydroxyl groups is 1. The van der Waals surface area contributed by atoms with Gasteiger partial charge >= 0.3 is 6.09 Å². The van der Waals surface area contributed by atoms with Crippen LogP contribution in [0.3, 0.4) is 0 Å². The van der Waals surface area contributed by atoms with Crippen molar-refractivity contribution in [3.8, 4) is 11.5 Å². The van der Waals surface area contributed by atoms with Gasteiger partial charge in [-0.1, -0.05) is 15.9 Å². The summed E-state index contributed by atoms with van der Waals surface area (Å²) in [5.74, 6) is 0.478. The molecule has 0 unspecified atom stereocenters. The Morgan fingerprint density at radius 3 is 2.57 bits per heavy atom. The number of carbonyl (C=O) groups is 1. The van der Waals surface area contributed by atoms with Crippen LogP contribution in [0.4, 0.5) is 4.79 Å². The molecule has 0 aliphatic carbocycles. The van der Waals surface area contributed by atoms with Crippen LogP contribution in [0.25, 0.3) is 0 Å². The van der Waals surface area contributed by atoms with E-state index in [0.29, 0.717) is 18.8 Å². The van der Waals surface area contributed by atoms with E-state index < -0.39 is 11.2 Å². The Morgan fingerprint density at radius 1 is 1.38 bits per heavy atom. The largest absolute Gasteiger partial charge is 0.504 e. The van der Waals surface area contributed by atoms with Crippen molar-refractivity contribution in [2.24, 2.45) is 0 Å². The molecule has 0 saturated carbocycles. The Labute approximate surface area is 133 Å². The molecule has 1 heterocycles. The third-order valence-electron chi connectivity index (χ3n) is 2.98. The lowest BCUT2D eigenvalue weighted by atomic mass is 9.97. The van der Waals surface area contributed by atoms with Gasteiger partial charge in [0.1, 0.15) is 11.2 Å². The fourth-order valence-electron chi connectivity index (χ4n) is 2.12. The van der Waals surface area contributed by atoms with Gasteiger partial charge in [0.15, 0.2) is 11.5 Å². The summed E-state index contributed by atoms with van der Waals surface area (Å²) in [6.07, 6.45) is -0.345. The molecular weight excluding hydrogens is 338 g/mol. The van der Waals surface area contributed by atoms with Crippen LogP contribution in [0.2, 0.25) is 0 Å². The Bertz CT molecular complexity index is 547. The molecule has 2 rings (SSSR count). The van der Waals surface area contributed by atoms with E-state index in [9.17, 15) is 9.90 Å². The number of rotatable bonds is 2. The molecule has 6 heteroatoms. The van der Waals surface area contributed by atoms with Crippen LogP contribution in [-0.4, -0.2) is 40.4 Å². The number of benzene rings is 1. The Morgan fingerprint density at radius 2 is 2.00 bits per heavy atom. The number of phenolic OH excluding ortho intramolecular Hbond substituents is 1. The highest BCUT2D eigenvalue weighted by molar-refractivity contribution is 9.10. The molecule has 1 fully saturated rings. The van der Waals surface area contributed by atoms with Gasteiger partial charge in [0.25, 0.3) is 0 Å². The van der Waals surface area contributed by atoms with Crippen molar-refractivity contribution in [3.05, 3.63) is 22.7 Å². The monoisotopic (exact) mass is 357 g/mol. The number of nitrogens with zero attached hydrogens (tertiary/aromatic N) is 1. The lowest BCUT2D eigenvalue weighted by molar-refractivity contribution is -0.0719. The summed E-state index contributed by atoms with van der Waals surface area (Å²) in [5, 5.41) is 9.79. The predicted octanol–water partition coefficient (Wildman–Crippen LogP) is 3.54. The van der Waals surface area contributed by atoms with Crippen molar-refractivity contribution in [2.75, 3.05) is 13.1 Å². The maximum Gasteiger partial charge on any atom is 0.410 e. The number of hydrogen-bond donors (Lipinski definition) is 1. The van der Waals surface area contributed by atoms with E-state index in [2.05, 4.69) is 15.9 Å². The fraction of sp³-hybridized carbons (Fsp3) is 0.533. The summed E-state index contributed by atoms with van der Waals surface area (Å²) in [7, 11) is 0. The number of halogens is 1. The molecule has 0 spiro atoms. The number of likely N-dealkylation sites (tertiary alicyclic amines) is 1. The maximum atomic E-state index is 11.9. The molecule has 5 nitrogen and oxygen atoms in total. The first kappa shape index (κ1) is 15.9. The standard InChI is InChI=1S/C15H20BrNO4/c1-14(2,3)21-13(19)17-8-15(4,9-17)20-12-7-10(16)5-6-11(12)18/h5-7,18H,8-9H2,1-4H3. The van der Waals surface area contributed by atoms with Gasteiger partial charge in [-0.2, -0.15) is 0 Å². The predicted molar refractivity (Wildman–Crippen MR) is 82.6 cm³/mol. The minimum Gasteiger partial charge on any atom is -0.504 e. The number of hydrogen-bond acceptors (Lipinski definition) is 4. The second-order valence-electron chi connectivity index (χ2n) is 6.50. The number of ether oxygens (including phenoxy) is 2. The van der Waals surface area contributed by atoms with Crippen molar-refractivity contribution < 1.29 is 19.4 Å². The zero-order valence-corrected chi connectivity index (χ0v) is 14.2. The summed E-state index contributed by atoms with van der Waals surface area (Å²) < 4.78 is 12.0. The van der Waals surface area contributed by atoms with Crippen molar-refractivity contribution in [1.82, 2.24) is 4.90 Å². The molecule has 0 aromatic heterocycles. The molecule has 116 valence electrons. The molecule has 1 saturated heterocycles. The van der Waals surface area contributed by atoms with Crippen LogP contribution >= 0.6 is 15.9 Å². The van der Waals surface area contributed by atoms with Gasteiger partial charge in [0.05, 0.1) is 13.1 Å². The van der Waals surface area contributed by atoms with Gasteiger partial charge in [0.2, 0.25) is 0 Å². The topological polar surface area (TPSA) is 59.0 Å². The smallest absolute Gasteiger partial charge is 0.410 e.